The highest BCUT2D eigenvalue weighted by atomic mass is 19.4. The van der Waals surface area contributed by atoms with Crippen LogP contribution in [-0.4, -0.2) is 76.7 Å². The first-order valence-electron chi connectivity index (χ1n) is 11.8. The molecule has 0 rings (SSSR count). The molecule has 0 saturated heterocycles. The summed E-state index contributed by atoms with van der Waals surface area (Å²) in [5, 5.41) is 18.7. The maximum atomic E-state index is 13.9. The second-order valence-electron chi connectivity index (χ2n) is 9.23. The third kappa shape index (κ3) is 8.67. The quantitative estimate of drug-likeness (QED) is 0.135. The van der Waals surface area contributed by atoms with E-state index >= 15 is 0 Å². The van der Waals surface area contributed by atoms with Gasteiger partial charge in [-0.3, -0.25) is 0 Å². The Bertz CT molecular complexity index is 798. The zero-order valence-corrected chi connectivity index (χ0v) is 22.0. The van der Waals surface area contributed by atoms with Crippen LogP contribution in [0.3, 0.4) is 0 Å². The van der Waals surface area contributed by atoms with Crippen LogP contribution in [0.5, 0.6) is 0 Å². The van der Waals surface area contributed by atoms with E-state index in [4.69, 9.17) is 14.2 Å². The Labute approximate surface area is 219 Å². The summed E-state index contributed by atoms with van der Waals surface area (Å²) >= 11 is 0. The van der Waals surface area contributed by atoms with Crippen LogP contribution >= 0.6 is 0 Å². The molecule has 2 atom stereocenters. The summed E-state index contributed by atoms with van der Waals surface area (Å²) in [7, 11) is 0. The largest absolute Gasteiger partial charge is 0.456 e. The molecule has 232 valence electrons. The number of ether oxygens (including phenoxy) is 3. The van der Waals surface area contributed by atoms with Crippen molar-refractivity contribution in [3.8, 4) is 0 Å². The first-order valence-corrected chi connectivity index (χ1v) is 11.8. The van der Waals surface area contributed by atoms with Crippen molar-refractivity contribution < 1.29 is 73.1 Å². The van der Waals surface area contributed by atoms with Gasteiger partial charge in [-0.15, -0.1) is 0 Å². The normalized spacial score (nSPS) is 16.5. The number of halogens is 10. The predicted molar refractivity (Wildman–Crippen MR) is 117 cm³/mol. The van der Waals surface area contributed by atoms with Gasteiger partial charge in [0.25, 0.3) is 5.60 Å². The van der Waals surface area contributed by atoms with Crippen molar-refractivity contribution in [1.29, 1.82) is 0 Å². The number of rotatable bonds is 15. The highest BCUT2D eigenvalue weighted by Gasteiger charge is 2.71. The van der Waals surface area contributed by atoms with Crippen LogP contribution < -0.4 is 0 Å². The van der Waals surface area contributed by atoms with E-state index in [2.05, 4.69) is 6.58 Å². The summed E-state index contributed by atoms with van der Waals surface area (Å²) in [5.74, 6) is -5.99. The number of hydrogen-bond donors (Lipinski definition) is 2. The molecule has 0 radical (unpaired) electrons. The molecule has 2 N–H and O–H groups in total. The zero-order valence-electron chi connectivity index (χ0n) is 22.0. The van der Waals surface area contributed by atoms with Gasteiger partial charge in [0.15, 0.2) is 0 Å². The van der Waals surface area contributed by atoms with E-state index in [0.29, 0.717) is 0 Å². The first kappa shape index (κ1) is 37.4. The van der Waals surface area contributed by atoms with Gasteiger partial charge in [0.1, 0.15) is 18.3 Å². The van der Waals surface area contributed by atoms with Crippen LogP contribution in [-0.2, 0) is 19.0 Å². The topological polar surface area (TPSA) is 85.2 Å². The summed E-state index contributed by atoms with van der Waals surface area (Å²) in [4.78, 5) is 12.4. The van der Waals surface area contributed by atoms with E-state index in [1.165, 1.54) is 34.6 Å². The predicted octanol–water partition coefficient (Wildman–Crippen LogP) is 6.09. The molecular weight excluding hydrogens is 562 g/mol. The number of carbonyl (C=O) groups is 1. The fourth-order valence-electron chi connectivity index (χ4n) is 3.61. The molecule has 0 heterocycles. The fourth-order valence-corrected chi connectivity index (χ4v) is 3.61. The molecule has 39 heavy (non-hydrogen) atoms. The molecule has 0 aliphatic rings. The fraction of sp³-hybridized carbons (Fsp3) is 0.870. The number of hydrogen-bond acceptors (Lipinski definition) is 6. The third-order valence-electron chi connectivity index (χ3n) is 6.74. The minimum absolute atomic E-state index is 0.235. The van der Waals surface area contributed by atoms with Crippen molar-refractivity contribution in [3.63, 3.8) is 0 Å². The van der Waals surface area contributed by atoms with E-state index in [9.17, 15) is 58.9 Å². The third-order valence-corrected chi connectivity index (χ3v) is 6.74. The van der Waals surface area contributed by atoms with Gasteiger partial charge < -0.3 is 24.4 Å². The molecule has 2 unspecified atom stereocenters. The Hall–Kier alpha value is -1.65. The van der Waals surface area contributed by atoms with Gasteiger partial charge in [-0.2, -0.15) is 43.9 Å². The van der Waals surface area contributed by atoms with E-state index in [1.807, 2.05) is 0 Å². The Kier molecular flexibility index (Phi) is 12.4. The minimum Gasteiger partial charge on any atom is -0.456 e. The highest BCUT2D eigenvalue weighted by molar-refractivity contribution is 5.87. The van der Waals surface area contributed by atoms with Crippen LogP contribution in [0, 0.1) is 0 Å². The number of esters is 1. The maximum absolute atomic E-state index is 13.9. The Balaban J connectivity index is 6.62. The molecule has 0 bridgehead atoms. The molecule has 0 aliphatic heterocycles. The van der Waals surface area contributed by atoms with Crippen molar-refractivity contribution >= 4 is 5.97 Å². The van der Waals surface area contributed by atoms with Crippen LogP contribution in [0.25, 0.3) is 0 Å². The average Bonchev–Trinajstić information content (AvgIpc) is 2.79. The molecule has 0 amide bonds. The molecular formula is C23H34F10O6. The van der Waals surface area contributed by atoms with Crippen LogP contribution in [0.2, 0.25) is 0 Å². The summed E-state index contributed by atoms with van der Waals surface area (Å²) in [5.41, 5.74) is -9.53. The Morgan fingerprint density at radius 3 is 1.49 bits per heavy atom. The molecule has 6 nitrogen and oxygen atoms in total. The average molecular weight is 596 g/mol. The van der Waals surface area contributed by atoms with E-state index in [1.54, 1.807) is 0 Å². The highest BCUT2D eigenvalue weighted by Crippen LogP contribution is 2.45. The van der Waals surface area contributed by atoms with Crippen molar-refractivity contribution in [3.05, 3.63) is 12.2 Å². The van der Waals surface area contributed by atoms with Crippen LogP contribution in [0.15, 0.2) is 12.2 Å². The Morgan fingerprint density at radius 2 is 1.18 bits per heavy atom. The van der Waals surface area contributed by atoms with Gasteiger partial charge in [0.05, 0.1) is 12.2 Å². The minimum atomic E-state index is -6.20. The first-order chi connectivity index (χ1) is 17.3. The van der Waals surface area contributed by atoms with Crippen molar-refractivity contribution in [2.24, 2.45) is 0 Å². The zero-order chi connectivity index (χ0) is 31.3. The van der Waals surface area contributed by atoms with Gasteiger partial charge in [-0.1, -0.05) is 34.3 Å². The van der Waals surface area contributed by atoms with Crippen LogP contribution in [0.1, 0.15) is 66.7 Å². The molecule has 0 aromatic rings. The monoisotopic (exact) mass is 596 g/mol. The SMILES string of the molecule is C=C(C)C(=O)OC(CC(CC)(CC)OCC(O)(C(F)(F)F)C(F)(F)F)C(CC)(CC)OCC(O)(F)C(F)(F)F. The maximum Gasteiger partial charge on any atom is 0.450 e. The van der Waals surface area contributed by atoms with E-state index in [-0.39, 0.29) is 31.3 Å². The Morgan fingerprint density at radius 1 is 0.744 bits per heavy atom. The molecule has 0 spiro atoms. The number of aliphatic hydroxyl groups is 2. The van der Waals surface area contributed by atoms with Gasteiger partial charge in [-0.25, -0.2) is 4.79 Å². The van der Waals surface area contributed by atoms with Crippen molar-refractivity contribution in [2.75, 3.05) is 13.2 Å². The standard InChI is InChI=1S/C23H34F10O6/c1-7-17(8-2,37-12-19(35,21(25,26)27)22(28,29)30)11-15(39-16(34)14(5)6)18(9-3,10-4)38-13-20(24,36)23(31,32)33/h15,35-36H,5,7-13H2,1-4,6H3. The van der Waals surface area contributed by atoms with E-state index in [0.717, 1.165) is 0 Å². The summed E-state index contributed by atoms with van der Waals surface area (Å²) in [6, 6.07) is 0. The van der Waals surface area contributed by atoms with Crippen molar-refractivity contribution in [1.82, 2.24) is 0 Å². The molecule has 0 aromatic heterocycles. The molecule has 0 saturated carbocycles. The van der Waals surface area contributed by atoms with Gasteiger partial charge in [0.2, 0.25) is 0 Å². The van der Waals surface area contributed by atoms with Gasteiger partial charge in [-0.05, 0) is 32.6 Å². The lowest BCUT2D eigenvalue weighted by atomic mass is 9.80. The van der Waals surface area contributed by atoms with Crippen molar-refractivity contribution in [2.45, 2.75) is 114 Å². The summed E-state index contributed by atoms with van der Waals surface area (Å²) in [6.07, 6.45) is -22.0. The lowest BCUT2D eigenvalue weighted by Crippen LogP contribution is -2.61. The molecule has 16 heteroatoms. The van der Waals surface area contributed by atoms with Gasteiger partial charge in [0, 0.05) is 12.0 Å². The molecule has 0 aliphatic carbocycles. The second kappa shape index (κ2) is 12.9. The smallest absolute Gasteiger partial charge is 0.450 e. The second-order valence-corrected chi connectivity index (χ2v) is 9.23. The summed E-state index contributed by atoms with van der Waals surface area (Å²) < 4.78 is 147. The van der Waals surface area contributed by atoms with E-state index < -0.39 is 72.9 Å². The lowest BCUT2D eigenvalue weighted by Gasteiger charge is -2.45. The molecule has 0 aromatic carbocycles. The lowest BCUT2D eigenvalue weighted by molar-refractivity contribution is -0.383. The summed E-state index contributed by atoms with van der Waals surface area (Å²) in [6.45, 7) is 5.45. The van der Waals surface area contributed by atoms with Gasteiger partial charge >= 0.3 is 30.4 Å². The number of alkyl halides is 10. The number of carbonyl (C=O) groups excluding carboxylic acids is 1. The van der Waals surface area contributed by atoms with Crippen LogP contribution in [0.4, 0.5) is 43.9 Å². The molecule has 0 fully saturated rings.